The number of nitrogens with zero attached hydrogens (tertiary/aromatic N) is 3. The molecule has 1 amide bonds. The molecular formula is C25H22N4O3. The van der Waals surface area contributed by atoms with Crippen molar-refractivity contribution in [2.24, 2.45) is 0 Å². The highest BCUT2D eigenvalue weighted by atomic mass is 16.5. The van der Waals surface area contributed by atoms with Crippen LogP contribution in [0, 0.1) is 0 Å². The number of methoxy groups -OCH3 is 1. The van der Waals surface area contributed by atoms with Gasteiger partial charge < -0.3 is 14.7 Å². The lowest BCUT2D eigenvalue weighted by Gasteiger charge is -2.27. The molecule has 2 aromatic heterocycles. The number of hydrogen-bond acceptors (Lipinski definition) is 5. The van der Waals surface area contributed by atoms with Crippen LogP contribution >= 0.6 is 0 Å². The molecule has 1 aliphatic heterocycles. The van der Waals surface area contributed by atoms with Gasteiger partial charge in [-0.2, -0.15) is 5.10 Å². The topological polar surface area (TPSA) is 91.3 Å². The third-order valence-electron chi connectivity index (χ3n) is 5.92. The second-order valence-electron chi connectivity index (χ2n) is 7.68. The third-order valence-corrected chi connectivity index (χ3v) is 5.92. The number of fused-ring (bicyclic) bond motifs is 1. The van der Waals surface area contributed by atoms with Crippen LogP contribution in [-0.4, -0.2) is 44.8 Å². The summed E-state index contributed by atoms with van der Waals surface area (Å²) in [4.78, 5) is 19.4. The van der Waals surface area contributed by atoms with E-state index in [0.29, 0.717) is 17.9 Å². The molecule has 2 N–H and O–H groups in total. The molecule has 7 nitrogen and oxygen atoms in total. The molecule has 5 rings (SSSR count). The number of H-pyrrole nitrogens is 1. The van der Waals surface area contributed by atoms with E-state index in [-0.39, 0.29) is 12.5 Å². The Morgan fingerprint density at radius 2 is 1.91 bits per heavy atom. The first-order chi connectivity index (χ1) is 15.7. The number of rotatable bonds is 6. The highest BCUT2D eigenvalue weighted by Crippen LogP contribution is 2.40. The first-order valence-corrected chi connectivity index (χ1v) is 10.3. The number of carbonyl (C=O) groups is 1. The number of pyridine rings is 1. The number of benzene rings is 2. The van der Waals surface area contributed by atoms with Gasteiger partial charge in [-0.25, -0.2) is 0 Å². The van der Waals surface area contributed by atoms with Crippen LogP contribution in [0.3, 0.4) is 0 Å². The van der Waals surface area contributed by atoms with Crippen LogP contribution in [0.2, 0.25) is 0 Å². The van der Waals surface area contributed by atoms with Crippen molar-refractivity contribution in [2.75, 3.05) is 13.7 Å². The zero-order valence-electron chi connectivity index (χ0n) is 17.5. The van der Waals surface area contributed by atoms with Crippen molar-refractivity contribution in [1.29, 1.82) is 0 Å². The largest absolute Gasteiger partial charge is 0.497 e. The van der Waals surface area contributed by atoms with Crippen LogP contribution in [0.4, 0.5) is 0 Å². The van der Waals surface area contributed by atoms with Crippen LogP contribution in [0.5, 0.6) is 5.75 Å². The zero-order valence-corrected chi connectivity index (χ0v) is 17.5. The Bertz CT molecular complexity index is 1260. The molecule has 0 radical (unpaired) electrons. The van der Waals surface area contributed by atoms with Gasteiger partial charge in [0.2, 0.25) is 0 Å². The fourth-order valence-electron chi connectivity index (χ4n) is 4.28. The molecule has 3 heterocycles. The molecule has 7 heteroatoms. The van der Waals surface area contributed by atoms with Gasteiger partial charge in [-0.05, 0) is 64.2 Å². The van der Waals surface area contributed by atoms with E-state index in [1.807, 2.05) is 48.7 Å². The lowest BCUT2D eigenvalue weighted by atomic mass is 9.93. The zero-order chi connectivity index (χ0) is 22.1. The molecule has 0 bridgehead atoms. The summed E-state index contributed by atoms with van der Waals surface area (Å²) in [6.45, 7) is 0.214. The smallest absolute Gasteiger partial charge is 0.255 e. The van der Waals surface area contributed by atoms with Gasteiger partial charge in [-0.3, -0.25) is 14.9 Å². The van der Waals surface area contributed by atoms with Crippen molar-refractivity contribution < 1.29 is 14.6 Å². The summed E-state index contributed by atoms with van der Waals surface area (Å²) in [5.74, 6) is 0.576. The van der Waals surface area contributed by atoms with E-state index in [2.05, 4.69) is 21.2 Å². The normalized spacial score (nSPS) is 13.8. The monoisotopic (exact) mass is 426 g/mol. The van der Waals surface area contributed by atoms with Crippen molar-refractivity contribution in [3.63, 3.8) is 0 Å². The standard InChI is InChI=1S/C25H22N4O3/c1-32-20-4-2-3-17(9-20)24(15-30)29-14-23-21(16-5-7-26-8-6-16)10-18(11-22(23)25(29)31)19-12-27-28-13-19/h2-13,24,30H,14-15H2,1H3,(H,27,28). The van der Waals surface area contributed by atoms with Crippen LogP contribution in [0.25, 0.3) is 22.3 Å². The Morgan fingerprint density at radius 3 is 2.62 bits per heavy atom. The van der Waals surface area contributed by atoms with Crippen molar-refractivity contribution in [2.45, 2.75) is 12.6 Å². The average molecular weight is 426 g/mol. The van der Waals surface area contributed by atoms with Gasteiger partial charge in [0.15, 0.2) is 0 Å². The Labute approximate surface area is 185 Å². The average Bonchev–Trinajstić information content (AvgIpc) is 3.49. The van der Waals surface area contributed by atoms with Crippen molar-refractivity contribution in [3.8, 4) is 28.0 Å². The van der Waals surface area contributed by atoms with Gasteiger partial charge in [0.1, 0.15) is 5.75 Å². The number of aromatic nitrogens is 3. The minimum Gasteiger partial charge on any atom is -0.497 e. The summed E-state index contributed by atoms with van der Waals surface area (Å²) >= 11 is 0. The second kappa shape index (κ2) is 8.28. The number of ether oxygens (including phenoxy) is 1. The molecule has 1 aliphatic rings. The lowest BCUT2D eigenvalue weighted by molar-refractivity contribution is 0.0615. The summed E-state index contributed by atoms with van der Waals surface area (Å²) in [6.07, 6.45) is 7.03. The van der Waals surface area contributed by atoms with Crippen LogP contribution in [-0.2, 0) is 6.54 Å². The van der Waals surface area contributed by atoms with E-state index >= 15 is 0 Å². The molecule has 1 unspecified atom stereocenters. The maximum Gasteiger partial charge on any atom is 0.255 e. The summed E-state index contributed by atoms with van der Waals surface area (Å²) in [7, 11) is 1.60. The van der Waals surface area contributed by atoms with E-state index in [0.717, 1.165) is 33.4 Å². The van der Waals surface area contributed by atoms with Crippen molar-refractivity contribution in [1.82, 2.24) is 20.1 Å². The minimum absolute atomic E-state index is 0.109. The van der Waals surface area contributed by atoms with E-state index in [1.54, 1.807) is 30.6 Å². The number of amides is 1. The molecule has 0 aliphatic carbocycles. The summed E-state index contributed by atoms with van der Waals surface area (Å²) in [6, 6.07) is 14.9. The van der Waals surface area contributed by atoms with Gasteiger partial charge in [-0.1, -0.05) is 12.1 Å². The van der Waals surface area contributed by atoms with E-state index in [9.17, 15) is 9.90 Å². The molecule has 0 fully saturated rings. The van der Waals surface area contributed by atoms with Crippen LogP contribution in [0.15, 0.2) is 73.3 Å². The second-order valence-corrected chi connectivity index (χ2v) is 7.68. The Hall–Kier alpha value is -3.97. The highest BCUT2D eigenvalue weighted by Gasteiger charge is 2.35. The first-order valence-electron chi connectivity index (χ1n) is 10.3. The van der Waals surface area contributed by atoms with Crippen LogP contribution in [0.1, 0.15) is 27.5 Å². The predicted octanol–water partition coefficient (Wildman–Crippen LogP) is 3.84. The number of nitrogens with one attached hydrogen (secondary N) is 1. The van der Waals surface area contributed by atoms with Gasteiger partial charge in [0, 0.05) is 36.3 Å². The SMILES string of the molecule is COc1cccc(C(CO)N2Cc3c(cc(-c4cn[nH]c4)cc3-c3ccncc3)C2=O)c1. The molecule has 1 atom stereocenters. The van der Waals surface area contributed by atoms with Gasteiger partial charge in [0.25, 0.3) is 5.91 Å². The van der Waals surface area contributed by atoms with Crippen molar-refractivity contribution in [3.05, 3.63) is 90.0 Å². The number of aromatic amines is 1. The van der Waals surface area contributed by atoms with Gasteiger partial charge >= 0.3 is 0 Å². The maximum absolute atomic E-state index is 13.6. The van der Waals surface area contributed by atoms with Crippen molar-refractivity contribution >= 4 is 5.91 Å². The minimum atomic E-state index is -0.479. The fourth-order valence-corrected chi connectivity index (χ4v) is 4.28. The molecular weight excluding hydrogens is 404 g/mol. The molecule has 0 saturated heterocycles. The molecule has 4 aromatic rings. The Kier molecular flexibility index (Phi) is 5.17. The number of hydrogen-bond donors (Lipinski definition) is 2. The fraction of sp³-hybridized carbons (Fsp3) is 0.160. The van der Waals surface area contributed by atoms with Gasteiger partial charge in [-0.15, -0.1) is 0 Å². The first kappa shape index (κ1) is 20.0. The molecule has 160 valence electrons. The summed E-state index contributed by atoms with van der Waals surface area (Å²) < 4.78 is 5.33. The Morgan fingerprint density at radius 1 is 1.09 bits per heavy atom. The summed E-state index contributed by atoms with van der Waals surface area (Å²) in [5, 5.41) is 17.1. The maximum atomic E-state index is 13.6. The predicted molar refractivity (Wildman–Crippen MR) is 120 cm³/mol. The highest BCUT2D eigenvalue weighted by molar-refractivity contribution is 6.02. The van der Waals surface area contributed by atoms with Gasteiger partial charge in [0.05, 0.1) is 26.0 Å². The number of aliphatic hydroxyl groups is 1. The van der Waals surface area contributed by atoms with E-state index in [1.165, 1.54) is 0 Å². The Balaban J connectivity index is 1.61. The number of aliphatic hydroxyl groups excluding tert-OH is 1. The molecule has 2 aromatic carbocycles. The molecule has 32 heavy (non-hydrogen) atoms. The summed E-state index contributed by atoms with van der Waals surface area (Å²) in [5.41, 5.74) is 6.17. The lowest BCUT2D eigenvalue weighted by Crippen LogP contribution is -2.31. The number of carbonyl (C=O) groups excluding carboxylic acids is 1. The van der Waals surface area contributed by atoms with E-state index in [4.69, 9.17) is 4.74 Å². The molecule has 0 saturated carbocycles. The van der Waals surface area contributed by atoms with Crippen LogP contribution < -0.4 is 4.74 Å². The molecule has 0 spiro atoms. The quantitative estimate of drug-likeness (QED) is 0.489. The van der Waals surface area contributed by atoms with E-state index < -0.39 is 6.04 Å². The third kappa shape index (κ3) is 3.42.